The molecule has 0 N–H and O–H groups in total. The fourth-order valence-electron chi connectivity index (χ4n) is 2.20. The molecule has 88 valence electrons. The average Bonchev–Trinajstić information content (AvgIpc) is 2.39. The van der Waals surface area contributed by atoms with Gasteiger partial charge < -0.3 is 0 Å². The van der Waals surface area contributed by atoms with Crippen LogP contribution in [-0.2, 0) is 0 Å². The van der Waals surface area contributed by atoms with E-state index in [4.69, 9.17) is 23.2 Å². The van der Waals surface area contributed by atoms with Crippen molar-refractivity contribution in [2.24, 2.45) is 0 Å². The first-order valence-electron chi connectivity index (χ1n) is 5.47. The lowest BCUT2D eigenvalue weighted by Gasteiger charge is -2.08. The van der Waals surface area contributed by atoms with E-state index in [-0.39, 0.29) is 0 Å². The Hall–Kier alpha value is -1.57. The Labute approximate surface area is 114 Å². The molecule has 3 rings (SSSR count). The van der Waals surface area contributed by atoms with E-state index in [0.717, 1.165) is 27.8 Å². The maximum absolute atomic E-state index is 11.2. The molecule has 0 saturated carbocycles. The largest absolute Gasteiger partial charge is 0.298 e. The highest BCUT2D eigenvalue weighted by atomic mass is 35.5. The minimum Gasteiger partial charge on any atom is -0.298 e. The predicted octanol–water partition coefficient (Wildman–Crippen LogP) is 5.11. The summed E-state index contributed by atoms with van der Waals surface area (Å²) in [6.07, 6.45) is 0.774. The summed E-state index contributed by atoms with van der Waals surface area (Å²) >= 11 is 12.4. The Kier molecular flexibility index (Phi) is 2.73. The summed E-state index contributed by atoms with van der Waals surface area (Å²) in [5.41, 5.74) is 0.488. The van der Waals surface area contributed by atoms with Gasteiger partial charge in [0.05, 0.1) is 10.0 Å². The zero-order chi connectivity index (χ0) is 12.7. The smallest absolute Gasteiger partial charge is 0.152 e. The molecule has 0 aliphatic carbocycles. The van der Waals surface area contributed by atoms with Crippen molar-refractivity contribution in [3.8, 4) is 0 Å². The summed E-state index contributed by atoms with van der Waals surface area (Å²) in [6.45, 7) is 0. The molecule has 0 spiro atoms. The first-order chi connectivity index (χ1) is 8.72. The molecular weight excluding hydrogens is 267 g/mol. The van der Waals surface area contributed by atoms with E-state index in [0.29, 0.717) is 15.6 Å². The van der Waals surface area contributed by atoms with Crippen LogP contribution >= 0.6 is 23.2 Å². The number of halogens is 2. The SMILES string of the molecule is O=Cc1c(Cl)ccc2c(Cl)c3ccccc3cc12. The molecule has 3 aromatic carbocycles. The molecule has 0 heterocycles. The molecular formula is C15H8Cl2O. The quantitative estimate of drug-likeness (QED) is 0.445. The minimum atomic E-state index is 0.448. The molecule has 0 aliphatic rings. The zero-order valence-electron chi connectivity index (χ0n) is 9.28. The lowest BCUT2D eigenvalue weighted by atomic mass is 10.00. The molecule has 0 radical (unpaired) electrons. The maximum atomic E-state index is 11.2. The van der Waals surface area contributed by atoms with Crippen LogP contribution in [-0.4, -0.2) is 6.29 Å². The predicted molar refractivity (Wildman–Crippen MR) is 76.9 cm³/mol. The molecule has 0 unspecified atom stereocenters. The minimum absolute atomic E-state index is 0.448. The van der Waals surface area contributed by atoms with Crippen molar-refractivity contribution in [2.45, 2.75) is 0 Å². The molecule has 1 nitrogen and oxygen atoms in total. The highest BCUT2D eigenvalue weighted by Gasteiger charge is 2.10. The number of carbonyl (C=O) groups is 1. The molecule has 3 aromatic rings. The Morgan fingerprint density at radius 2 is 1.67 bits per heavy atom. The second-order valence-electron chi connectivity index (χ2n) is 4.09. The van der Waals surface area contributed by atoms with Gasteiger partial charge in [-0.2, -0.15) is 0 Å². The van der Waals surface area contributed by atoms with Crippen LogP contribution in [0.25, 0.3) is 21.5 Å². The van der Waals surface area contributed by atoms with Crippen LogP contribution in [0, 0.1) is 0 Å². The van der Waals surface area contributed by atoms with E-state index >= 15 is 0 Å². The van der Waals surface area contributed by atoms with Gasteiger partial charge >= 0.3 is 0 Å². The molecule has 18 heavy (non-hydrogen) atoms. The van der Waals surface area contributed by atoms with E-state index in [9.17, 15) is 4.79 Å². The maximum Gasteiger partial charge on any atom is 0.152 e. The van der Waals surface area contributed by atoms with E-state index in [1.165, 1.54) is 0 Å². The molecule has 0 aliphatic heterocycles. The normalized spacial score (nSPS) is 11.0. The molecule has 0 saturated heterocycles. The van der Waals surface area contributed by atoms with Crippen LogP contribution in [0.5, 0.6) is 0 Å². The van der Waals surface area contributed by atoms with Crippen molar-refractivity contribution < 1.29 is 4.79 Å². The van der Waals surface area contributed by atoms with Gasteiger partial charge in [-0.25, -0.2) is 0 Å². The summed E-state index contributed by atoms with van der Waals surface area (Å²) in [4.78, 5) is 11.2. The van der Waals surface area contributed by atoms with Crippen molar-refractivity contribution in [3.63, 3.8) is 0 Å². The van der Waals surface area contributed by atoms with Crippen molar-refractivity contribution in [2.75, 3.05) is 0 Å². The van der Waals surface area contributed by atoms with Crippen LogP contribution in [0.1, 0.15) is 10.4 Å². The number of fused-ring (bicyclic) bond motifs is 2. The van der Waals surface area contributed by atoms with Gasteiger partial charge in [-0.15, -0.1) is 0 Å². The van der Waals surface area contributed by atoms with Crippen LogP contribution in [0.3, 0.4) is 0 Å². The van der Waals surface area contributed by atoms with Gasteiger partial charge in [-0.05, 0) is 22.9 Å². The first kappa shape index (κ1) is 11.5. The lowest BCUT2D eigenvalue weighted by molar-refractivity contribution is 0.112. The van der Waals surface area contributed by atoms with Crippen molar-refractivity contribution >= 4 is 51.0 Å². The van der Waals surface area contributed by atoms with E-state index < -0.39 is 0 Å². The number of hydrogen-bond donors (Lipinski definition) is 0. The third-order valence-corrected chi connectivity index (χ3v) is 3.82. The molecule has 3 heteroatoms. The summed E-state index contributed by atoms with van der Waals surface area (Å²) < 4.78 is 0. The third kappa shape index (κ3) is 1.59. The molecule has 0 fully saturated rings. The lowest BCUT2D eigenvalue weighted by Crippen LogP contribution is -1.87. The Balaban J connectivity index is 2.59. The summed E-state index contributed by atoms with van der Waals surface area (Å²) in [5.74, 6) is 0. The van der Waals surface area contributed by atoms with Crippen LogP contribution in [0.2, 0.25) is 10.0 Å². The van der Waals surface area contributed by atoms with Crippen molar-refractivity contribution in [1.82, 2.24) is 0 Å². The Morgan fingerprint density at radius 3 is 2.44 bits per heavy atom. The van der Waals surface area contributed by atoms with Crippen LogP contribution in [0.4, 0.5) is 0 Å². The van der Waals surface area contributed by atoms with Crippen molar-refractivity contribution in [1.29, 1.82) is 0 Å². The summed E-state index contributed by atoms with van der Waals surface area (Å²) in [6, 6.07) is 13.3. The van der Waals surface area contributed by atoms with Gasteiger partial charge in [-0.3, -0.25) is 4.79 Å². The average molecular weight is 275 g/mol. The highest BCUT2D eigenvalue weighted by molar-refractivity contribution is 6.42. The standard InChI is InChI=1S/C15H8Cl2O/c16-14-6-5-11-12(13(14)8-18)7-9-3-1-2-4-10(9)15(11)17/h1-8H. The number of aldehydes is 1. The number of hydrogen-bond acceptors (Lipinski definition) is 1. The van der Waals surface area contributed by atoms with Crippen LogP contribution < -0.4 is 0 Å². The Bertz CT molecular complexity index is 778. The zero-order valence-corrected chi connectivity index (χ0v) is 10.8. The second-order valence-corrected chi connectivity index (χ2v) is 4.87. The number of rotatable bonds is 1. The molecule has 0 atom stereocenters. The molecule has 0 amide bonds. The fraction of sp³-hybridized carbons (Fsp3) is 0. The fourth-order valence-corrected chi connectivity index (χ4v) is 2.75. The third-order valence-electron chi connectivity index (χ3n) is 3.09. The van der Waals surface area contributed by atoms with E-state index in [1.54, 1.807) is 6.07 Å². The molecule has 0 bridgehead atoms. The monoisotopic (exact) mass is 274 g/mol. The van der Waals surface area contributed by atoms with Gasteiger partial charge in [0.15, 0.2) is 6.29 Å². The summed E-state index contributed by atoms with van der Waals surface area (Å²) in [7, 11) is 0. The van der Waals surface area contributed by atoms with Crippen LogP contribution in [0.15, 0.2) is 42.5 Å². The first-order valence-corrected chi connectivity index (χ1v) is 6.22. The van der Waals surface area contributed by atoms with E-state index in [2.05, 4.69) is 0 Å². The summed E-state index contributed by atoms with van der Waals surface area (Å²) in [5, 5.41) is 4.72. The number of carbonyl (C=O) groups excluding carboxylic acids is 1. The topological polar surface area (TPSA) is 17.1 Å². The van der Waals surface area contributed by atoms with Gasteiger partial charge in [0.25, 0.3) is 0 Å². The molecule has 0 aromatic heterocycles. The van der Waals surface area contributed by atoms with Gasteiger partial charge in [0.2, 0.25) is 0 Å². The second kappa shape index (κ2) is 4.27. The van der Waals surface area contributed by atoms with Gasteiger partial charge in [0, 0.05) is 16.3 Å². The van der Waals surface area contributed by atoms with E-state index in [1.807, 2.05) is 36.4 Å². The number of benzene rings is 3. The Morgan fingerprint density at radius 1 is 0.889 bits per heavy atom. The highest BCUT2D eigenvalue weighted by Crippen LogP contribution is 2.35. The van der Waals surface area contributed by atoms with Gasteiger partial charge in [-0.1, -0.05) is 53.5 Å². The van der Waals surface area contributed by atoms with Gasteiger partial charge in [0.1, 0.15) is 0 Å². The van der Waals surface area contributed by atoms with Crippen molar-refractivity contribution in [3.05, 3.63) is 58.1 Å².